The minimum absolute atomic E-state index is 0.156. The molecule has 0 atom stereocenters. The first kappa shape index (κ1) is 20.3. The van der Waals surface area contributed by atoms with Crippen LogP contribution in [0.5, 0.6) is 0 Å². The molecule has 152 valence electrons. The maximum atomic E-state index is 12.0. The fourth-order valence-corrected chi connectivity index (χ4v) is 3.31. The van der Waals surface area contributed by atoms with Crippen molar-refractivity contribution in [1.29, 1.82) is 0 Å². The molecule has 8 nitrogen and oxygen atoms in total. The number of nitrogens with one attached hydrogen (secondary N) is 2. The van der Waals surface area contributed by atoms with E-state index in [1.807, 2.05) is 12.1 Å². The zero-order chi connectivity index (χ0) is 20.6. The van der Waals surface area contributed by atoms with E-state index in [0.29, 0.717) is 13.0 Å². The Morgan fingerprint density at radius 3 is 2.41 bits per heavy atom. The molecule has 1 saturated heterocycles. The minimum Gasteiger partial charge on any atom is -0.372 e. The number of carbonyl (C=O) groups is 2. The third kappa shape index (κ3) is 5.78. The van der Waals surface area contributed by atoms with Crippen molar-refractivity contribution in [2.75, 3.05) is 29.9 Å². The van der Waals surface area contributed by atoms with E-state index >= 15 is 0 Å². The number of anilines is 2. The van der Waals surface area contributed by atoms with Crippen molar-refractivity contribution in [2.24, 2.45) is 0 Å². The lowest BCUT2D eigenvalue weighted by molar-refractivity contribution is -0.384. The predicted octanol–water partition coefficient (Wildman–Crippen LogP) is 2.88. The number of nitro groups is 1. The average molecular weight is 396 g/mol. The van der Waals surface area contributed by atoms with Gasteiger partial charge in [0.25, 0.3) is 5.69 Å². The average Bonchev–Trinajstić information content (AvgIpc) is 2.75. The summed E-state index contributed by atoms with van der Waals surface area (Å²) in [5.74, 6) is -1.63. The Kier molecular flexibility index (Phi) is 6.78. The molecule has 1 aliphatic rings. The zero-order valence-electron chi connectivity index (χ0n) is 16.1. The molecule has 2 aromatic carbocycles. The van der Waals surface area contributed by atoms with Gasteiger partial charge in [0.2, 0.25) is 0 Å². The molecule has 0 unspecified atom stereocenters. The maximum Gasteiger partial charge on any atom is 0.313 e. The van der Waals surface area contributed by atoms with Gasteiger partial charge in [-0.2, -0.15) is 0 Å². The van der Waals surface area contributed by atoms with E-state index in [1.54, 1.807) is 0 Å². The molecule has 8 heteroatoms. The van der Waals surface area contributed by atoms with E-state index < -0.39 is 16.7 Å². The summed E-state index contributed by atoms with van der Waals surface area (Å²) in [6.07, 6.45) is 4.36. The Bertz CT molecular complexity index is 877. The van der Waals surface area contributed by atoms with Crippen LogP contribution in [0.25, 0.3) is 0 Å². The molecule has 1 aliphatic heterocycles. The standard InChI is InChI=1S/C21H24N4O4/c26-20(21(27)23-17-5-4-6-19(15-17)25(28)29)22-12-11-16-7-9-18(10-8-16)24-13-2-1-3-14-24/h4-10,15H,1-3,11-14H2,(H,22,26)(H,23,27). The normalized spacial score (nSPS) is 13.6. The fourth-order valence-electron chi connectivity index (χ4n) is 3.31. The Morgan fingerprint density at radius 1 is 1.00 bits per heavy atom. The summed E-state index contributed by atoms with van der Waals surface area (Å²) >= 11 is 0. The van der Waals surface area contributed by atoms with Crippen molar-refractivity contribution < 1.29 is 14.5 Å². The molecule has 2 aromatic rings. The second-order valence-corrected chi connectivity index (χ2v) is 6.98. The lowest BCUT2D eigenvalue weighted by atomic mass is 10.1. The SMILES string of the molecule is O=C(NCCc1ccc(N2CCCCC2)cc1)C(=O)Nc1cccc([N+](=O)[O-])c1. The molecular weight excluding hydrogens is 372 g/mol. The van der Waals surface area contributed by atoms with Gasteiger partial charge >= 0.3 is 11.8 Å². The number of carbonyl (C=O) groups excluding carboxylic acids is 2. The van der Waals surface area contributed by atoms with E-state index in [-0.39, 0.29) is 11.4 Å². The van der Waals surface area contributed by atoms with Crippen molar-refractivity contribution in [1.82, 2.24) is 5.32 Å². The lowest BCUT2D eigenvalue weighted by Crippen LogP contribution is -2.36. The summed E-state index contributed by atoms with van der Waals surface area (Å²) in [5.41, 5.74) is 2.34. The molecule has 29 heavy (non-hydrogen) atoms. The van der Waals surface area contributed by atoms with Crippen molar-refractivity contribution in [3.05, 3.63) is 64.2 Å². The summed E-state index contributed by atoms with van der Waals surface area (Å²) in [4.78, 5) is 36.5. The van der Waals surface area contributed by atoms with Crippen molar-refractivity contribution >= 4 is 28.9 Å². The van der Waals surface area contributed by atoms with E-state index in [1.165, 1.54) is 49.2 Å². The number of non-ortho nitro benzene ring substituents is 1. The van der Waals surface area contributed by atoms with Crippen molar-refractivity contribution in [3.63, 3.8) is 0 Å². The summed E-state index contributed by atoms with van der Waals surface area (Å²) in [7, 11) is 0. The van der Waals surface area contributed by atoms with Crippen LogP contribution in [0.4, 0.5) is 17.1 Å². The first-order valence-electron chi connectivity index (χ1n) is 9.70. The van der Waals surface area contributed by atoms with Gasteiger partial charge in [0.05, 0.1) is 4.92 Å². The molecule has 0 radical (unpaired) electrons. The van der Waals surface area contributed by atoms with Gasteiger partial charge < -0.3 is 15.5 Å². The van der Waals surface area contributed by atoms with Gasteiger partial charge in [0, 0.05) is 43.1 Å². The van der Waals surface area contributed by atoms with Gasteiger partial charge in [-0.05, 0) is 49.4 Å². The largest absolute Gasteiger partial charge is 0.372 e. The van der Waals surface area contributed by atoms with Crippen LogP contribution in [0.3, 0.4) is 0 Å². The molecule has 0 saturated carbocycles. The third-order valence-electron chi connectivity index (χ3n) is 4.88. The Labute approximate surface area is 169 Å². The Morgan fingerprint density at radius 2 is 1.72 bits per heavy atom. The summed E-state index contributed by atoms with van der Waals surface area (Å²) < 4.78 is 0. The zero-order valence-corrected chi connectivity index (χ0v) is 16.1. The van der Waals surface area contributed by atoms with Crippen LogP contribution in [0, 0.1) is 10.1 Å². The molecule has 1 fully saturated rings. The fraction of sp³-hybridized carbons (Fsp3) is 0.333. The number of amides is 2. The highest BCUT2D eigenvalue weighted by atomic mass is 16.6. The molecular formula is C21H24N4O4. The van der Waals surface area contributed by atoms with Crippen LogP contribution in [0.1, 0.15) is 24.8 Å². The molecule has 1 heterocycles. The molecule has 0 aliphatic carbocycles. The molecule has 3 rings (SSSR count). The van der Waals surface area contributed by atoms with Crippen molar-refractivity contribution in [2.45, 2.75) is 25.7 Å². The summed E-state index contributed by atoms with van der Waals surface area (Å²) in [6.45, 7) is 2.51. The number of nitrogens with zero attached hydrogens (tertiary/aromatic N) is 2. The van der Waals surface area contributed by atoms with Crippen LogP contribution in [0.2, 0.25) is 0 Å². The van der Waals surface area contributed by atoms with E-state index in [9.17, 15) is 19.7 Å². The minimum atomic E-state index is -0.856. The number of hydrogen-bond acceptors (Lipinski definition) is 5. The summed E-state index contributed by atoms with van der Waals surface area (Å²) in [5, 5.41) is 15.7. The molecule has 2 N–H and O–H groups in total. The van der Waals surface area contributed by atoms with Crippen molar-refractivity contribution in [3.8, 4) is 0 Å². The molecule has 0 bridgehead atoms. The van der Waals surface area contributed by atoms with Crippen LogP contribution < -0.4 is 15.5 Å². The highest BCUT2D eigenvalue weighted by Gasteiger charge is 2.15. The first-order valence-corrected chi connectivity index (χ1v) is 9.70. The smallest absolute Gasteiger partial charge is 0.313 e. The lowest BCUT2D eigenvalue weighted by Gasteiger charge is -2.28. The Hall–Kier alpha value is -3.42. The molecule has 2 amide bonds. The number of hydrogen-bond donors (Lipinski definition) is 2. The van der Waals surface area contributed by atoms with Gasteiger partial charge in [0.1, 0.15) is 0 Å². The highest BCUT2D eigenvalue weighted by molar-refractivity contribution is 6.39. The van der Waals surface area contributed by atoms with Crippen LogP contribution in [-0.2, 0) is 16.0 Å². The van der Waals surface area contributed by atoms with E-state index in [4.69, 9.17) is 0 Å². The number of rotatable bonds is 6. The van der Waals surface area contributed by atoms with Crippen LogP contribution in [0.15, 0.2) is 48.5 Å². The molecule has 0 aromatic heterocycles. The number of benzene rings is 2. The predicted molar refractivity (Wildman–Crippen MR) is 111 cm³/mol. The number of piperidine rings is 1. The van der Waals surface area contributed by atoms with Gasteiger partial charge in [0.15, 0.2) is 0 Å². The van der Waals surface area contributed by atoms with E-state index in [0.717, 1.165) is 18.7 Å². The molecule has 0 spiro atoms. The van der Waals surface area contributed by atoms with Crippen LogP contribution >= 0.6 is 0 Å². The van der Waals surface area contributed by atoms with Gasteiger partial charge in [-0.3, -0.25) is 19.7 Å². The maximum absolute atomic E-state index is 12.0. The second-order valence-electron chi connectivity index (χ2n) is 6.98. The Balaban J connectivity index is 1.44. The second kappa shape index (κ2) is 9.68. The monoisotopic (exact) mass is 396 g/mol. The van der Waals surface area contributed by atoms with Gasteiger partial charge in [-0.25, -0.2) is 0 Å². The number of nitro benzene ring substituents is 1. The topological polar surface area (TPSA) is 105 Å². The van der Waals surface area contributed by atoms with E-state index in [2.05, 4.69) is 27.7 Å². The highest BCUT2D eigenvalue weighted by Crippen LogP contribution is 2.20. The quantitative estimate of drug-likeness (QED) is 0.444. The third-order valence-corrected chi connectivity index (χ3v) is 4.88. The van der Waals surface area contributed by atoms with Gasteiger partial charge in [-0.15, -0.1) is 0 Å². The van der Waals surface area contributed by atoms with Crippen LogP contribution in [-0.4, -0.2) is 36.4 Å². The van der Waals surface area contributed by atoms with Gasteiger partial charge in [-0.1, -0.05) is 18.2 Å². The first-order chi connectivity index (χ1) is 14.0. The summed E-state index contributed by atoms with van der Waals surface area (Å²) in [6, 6.07) is 13.7.